The Bertz CT molecular complexity index is 740. The van der Waals surface area contributed by atoms with Gasteiger partial charge in [-0.2, -0.15) is 0 Å². The zero-order chi connectivity index (χ0) is 15.5. The minimum atomic E-state index is -3.60. The van der Waals surface area contributed by atoms with Gasteiger partial charge in [0.05, 0.1) is 10.6 Å². The summed E-state index contributed by atoms with van der Waals surface area (Å²) in [6.07, 6.45) is 1.79. The van der Waals surface area contributed by atoms with Crippen LogP contribution in [-0.2, 0) is 16.4 Å². The third kappa shape index (κ3) is 3.55. The Morgan fingerprint density at radius 2 is 1.86 bits per heavy atom. The minimum absolute atomic E-state index is 0.223. The maximum absolute atomic E-state index is 12.5. The smallest absolute Gasteiger partial charge is 0.261 e. The first-order chi connectivity index (χ1) is 9.94. The highest BCUT2D eigenvalue weighted by Gasteiger charge is 2.16. The molecule has 0 saturated carbocycles. The first-order valence-corrected chi connectivity index (χ1v) is 8.39. The van der Waals surface area contributed by atoms with Gasteiger partial charge in [-0.15, -0.1) is 0 Å². The lowest BCUT2D eigenvalue weighted by Crippen LogP contribution is -2.14. The molecule has 5 heteroatoms. The highest BCUT2D eigenvalue weighted by Crippen LogP contribution is 2.23. The van der Waals surface area contributed by atoms with Crippen molar-refractivity contribution in [2.24, 2.45) is 0 Å². The third-order valence-electron chi connectivity index (χ3n) is 3.33. The van der Waals surface area contributed by atoms with E-state index in [2.05, 4.69) is 11.6 Å². The van der Waals surface area contributed by atoms with Gasteiger partial charge in [-0.05, 0) is 48.7 Å². The van der Waals surface area contributed by atoms with Crippen molar-refractivity contribution < 1.29 is 8.42 Å². The van der Waals surface area contributed by atoms with Gasteiger partial charge in [0, 0.05) is 5.69 Å². The molecule has 0 radical (unpaired) electrons. The Hall–Kier alpha value is -2.01. The van der Waals surface area contributed by atoms with Gasteiger partial charge in [-0.1, -0.05) is 31.5 Å². The fourth-order valence-corrected chi connectivity index (χ4v) is 3.31. The van der Waals surface area contributed by atoms with Gasteiger partial charge in [-0.25, -0.2) is 8.42 Å². The molecular weight excluding hydrogens is 284 g/mol. The standard InChI is InChI=1S/C16H20N2O2S/c1-3-6-13-7-4-5-8-16(13)18-21(19,20)14-9-10-15(17)12(2)11-14/h4-5,7-11,18H,3,6,17H2,1-2H3. The van der Waals surface area contributed by atoms with E-state index in [4.69, 9.17) is 5.73 Å². The van der Waals surface area contributed by atoms with Gasteiger partial charge in [0.1, 0.15) is 0 Å². The summed E-state index contributed by atoms with van der Waals surface area (Å²) in [6.45, 7) is 3.86. The molecule has 0 bridgehead atoms. The normalized spacial score (nSPS) is 11.3. The topological polar surface area (TPSA) is 72.2 Å². The van der Waals surface area contributed by atoms with E-state index >= 15 is 0 Å². The summed E-state index contributed by atoms with van der Waals surface area (Å²) in [5.41, 5.74) is 8.70. The monoisotopic (exact) mass is 304 g/mol. The lowest BCUT2D eigenvalue weighted by molar-refractivity contribution is 0.601. The lowest BCUT2D eigenvalue weighted by atomic mass is 10.1. The fraction of sp³-hybridized carbons (Fsp3) is 0.250. The summed E-state index contributed by atoms with van der Waals surface area (Å²) in [5, 5.41) is 0. The Labute approximate surface area is 126 Å². The highest BCUT2D eigenvalue weighted by atomic mass is 32.2. The SMILES string of the molecule is CCCc1ccccc1NS(=O)(=O)c1ccc(N)c(C)c1. The van der Waals surface area contributed by atoms with E-state index in [0.29, 0.717) is 11.4 Å². The van der Waals surface area contributed by atoms with Crippen molar-refractivity contribution in [3.63, 3.8) is 0 Å². The van der Waals surface area contributed by atoms with Crippen molar-refractivity contribution in [2.75, 3.05) is 10.5 Å². The number of nitrogens with one attached hydrogen (secondary N) is 1. The Balaban J connectivity index is 2.35. The highest BCUT2D eigenvalue weighted by molar-refractivity contribution is 7.92. The molecule has 2 aromatic rings. The summed E-state index contributed by atoms with van der Waals surface area (Å²) in [7, 11) is -3.60. The van der Waals surface area contributed by atoms with E-state index in [-0.39, 0.29) is 4.90 Å². The fourth-order valence-electron chi connectivity index (χ4n) is 2.13. The van der Waals surface area contributed by atoms with Gasteiger partial charge in [0.2, 0.25) is 0 Å². The summed E-state index contributed by atoms with van der Waals surface area (Å²) < 4.78 is 27.6. The predicted octanol–water partition coefficient (Wildman–Crippen LogP) is 3.33. The first-order valence-electron chi connectivity index (χ1n) is 6.91. The molecule has 0 fully saturated rings. The van der Waals surface area contributed by atoms with E-state index in [1.807, 2.05) is 18.2 Å². The van der Waals surface area contributed by atoms with E-state index in [9.17, 15) is 8.42 Å². The van der Waals surface area contributed by atoms with Crippen molar-refractivity contribution in [1.82, 2.24) is 0 Å². The van der Waals surface area contributed by atoms with Crippen LogP contribution in [0, 0.1) is 6.92 Å². The second kappa shape index (κ2) is 6.18. The first kappa shape index (κ1) is 15.4. The minimum Gasteiger partial charge on any atom is -0.399 e. The summed E-state index contributed by atoms with van der Waals surface area (Å²) in [4.78, 5) is 0.223. The van der Waals surface area contributed by atoms with Crippen LogP contribution < -0.4 is 10.5 Å². The number of rotatable bonds is 5. The van der Waals surface area contributed by atoms with Crippen molar-refractivity contribution in [3.8, 4) is 0 Å². The third-order valence-corrected chi connectivity index (χ3v) is 4.70. The van der Waals surface area contributed by atoms with E-state index in [0.717, 1.165) is 24.0 Å². The number of anilines is 2. The molecule has 2 aromatic carbocycles. The van der Waals surface area contributed by atoms with Crippen LogP contribution >= 0.6 is 0 Å². The number of hydrogen-bond acceptors (Lipinski definition) is 3. The van der Waals surface area contributed by atoms with Crippen molar-refractivity contribution >= 4 is 21.4 Å². The molecule has 0 saturated heterocycles. The van der Waals surface area contributed by atoms with Crippen LogP contribution in [0.5, 0.6) is 0 Å². The van der Waals surface area contributed by atoms with Crippen LogP contribution in [0.3, 0.4) is 0 Å². The van der Waals surface area contributed by atoms with Crippen molar-refractivity contribution in [1.29, 1.82) is 0 Å². The van der Waals surface area contributed by atoms with Crippen LogP contribution in [-0.4, -0.2) is 8.42 Å². The predicted molar refractivity (Wildman–Crippen MR) is 86.8 cm³/mol. The number of nitrogens with two attached hydrogens (primary N) is 1. The van der Waals surface area contributed by atoms with Crippen molar-refractivity contribution in [3.05, 3.63) is 53.6 Å². The molecular formula is C16H20N2O2S. The molecule has 0 atom stereocenters. The molecule has 0 amide bonds. The molecule has 2 rings (SSSR count). The molecule has 4 nitrogen and oxygen atoms in total. The molecule has 0 aliphatic rings. The van der Waals surface area contributed by atoms with Crippen LogP contribution in [0.2, 0.25) is 0 Å². The maximum Gasteiger partial charge on any atom is 0.261 e. The summed E-state index contributed by atoms with van der Waals surface area (Å²) in [5.74, 6) is 0. The van der Waals surface area contributed by atoms with Crippen LogP contribution in [0.1, 0.15) is 24.5 Å². The van der Waals surface area contributed by atoms with Crippen LogP contribution in [0.15, 0.2) is 47.4 Å². The van der Waals surface area contributed by atoms with Gasteiger partial charge in [0.25, 0.3) is 10.0 Å². The average molecular weight is 304 g/mol. The van der Waals surface area contributed by atoms with Gasteiger partial charge >= 0.3 is 0 Å². The summed E-state index contributed by atoms with van der Waals surface area (Å²) >= 11 is 0. The van der Waals surface area contributed by atoms with Gasteiger partial charge in [-0.3, -0.25) is 4.72 Å². The summed E-state index contributed by atoms with van der Waals surface area (Å²) in [6, 6.07) is 12.2. The van der Waals surface area contributed by atoms with E-state index < -0.39 is 10.0 Å². The number of benzene rings is 2. The molecule has 0 spiro atoms. The van der Waals surface area contributed by atoms with Crippen LogP contribution in [0.4, 0.5) is 11.4 Å². The number of para-hydroxylation sites is 1. The maximum atomic E-state index is 12.5. The average Bonchev–Trinajstić information content (AvgIpc) is 2.44. The molecule has 0 aliphatic heterocycles. The molecule has 0 aromatic heterocycles. The Morgan fingerprint density at radius 3 is 2.52 bits per heavy atom. The zero-order valence-corrected chi connectivity index (χ0v) is 13.1. The lowest BCUT2D eigenvalue weighted by Gasteiger charge is -2.13. The van der Waals surface area contributed by atoms with Crippen LogP contribution in [0.25, 0.3) is 0 Å². The Morgan fingerprint density at radius 1 is 1.14 bits per heavy atom. The van der Waals surface area contributed by atoms with E-state index in [1.165, 1.54) is 6.07 Å². The second-order valence-corrected chi connectivity index (χ2v) is 6.71. The molecule has 3 N–H and O–H groups in total. The van der Waals surface area contributed by atoms with E-state index in [1.54, 1.807) is 25.1 Å². The number of hydrogen-bond donors (Lipinski definition) is 2. The van der Waals surface area contributed by atoms with Gasteiger partial charge < -0.3 is 5.73 Å². The zero-order valence-electron chi connectivity index (χ0n) is 12.3. The van der Waals surface area contributed by atoms with Crippen molar-refractivity contribution in [2.45, 2.75) is 31.6 Å². The number of aryl methyl sites for hydroxylation is 2. The molecule has 112 valence electrons. The van der Waals surface area contributed by atoms with Gasteiger partial charge in [0.15, 0.2) is 0 Å². The quantitative estimate of drug-likeness (QED) is 0.832. The molecule has 0 aliphatic carbocycles. The second-order valence-electron chi connectivity index (χ2n) is 5.03. The largest absolute Gasteiger partial charge is 0.399 e. The molecule has 0 heterocycles. The molecule has 21 heavy (non-hydrogen) atoms. The Kier molecular flexibility index (Phi) is 4.53. The number of nitrogen functional groups attached to an aromatic ring is 1. The molecule has 0 unspecified atom stereocenters. The number of sulfonamides is 1.